The Morgan fingerprint density at radius 2 is 2.00 bits per heavy atom. The van der Waals surface area contributed by atoms with Crippen molar-refractivity contribution in [1.29, 1.82) is 0 Å². The number of aromatic nitrogens is 3. The van der Waals surface area contributed by atoms with Crippen LogP contribution in [-0.2, 0) is 24.4 Å². The third kappa shape index (κ3) is 4.32. The molecule has 1 aromatic heterocycles. The Kier molecular flexibility index (Phi) is 5.78. The number of benzene rings is 1. The number of rotatable bonds is 6. The number of ether oxygens (including phenoxy) is 2. The normalized spacial score (nSPS) is 23.2. The monoisotopic (exact) mass is 397 g/mol. The van der Waals surface area contributed by atoms with E-state index in [1.54, 1.807) is 0 Å². The van der Waals surface area contributed by atoms with E-state index in [-0.39, 0.29) is 6.10 Å². The van der Waals surface area contributed by atoms with Gasteiger partial charge in [0.15, 0.2) is 0 Å². The molecule has 0 bridgehead atoms. The van der Waals surface area contributed by atoms with Crippen molar-refractivity contribution < 1.29 is 9.47 Å². The molecular weight excluding hydrogens is 366 g/mol. The van der Waals surface area contributed by atoms with Gasteiger partial charge in [-0.3, -0.25) is 4.90 Å². The van der Waals surface area contributed by atoms with Crippen LogP contribution in [0.25, 0.3) is 0 Å². The molecule has 0 aliphatic carbocycles. The summed E-state index contributed by atoms with van der Waals surface area (Å²) in [5, 5.41) is 12.3. The van der Waals surface area contributed by atoms with Crippen LogP contribution in [0.4, 0.5) is 0 Å². The SMILES string of the molecule is c1ccc(OC[C@H]2CCCO2)c(CN2CCC(c3nnc4n3CCNC4)CC2)c1. The van der Waals surface area contributed by atoms with E-state index in [0.717, 1.165) is 83.1 Å². The van der Waals surface area contributed by atoms with Gasteiger partial charge in [-0.05, 0) is 44.8 Å². The Labute approximate surface area is 172 Å². The predicted molar refractivity (Wildman–Crippen MR) is 110 cm³/mol. The molecule has 5 rings (SSSR count). The number of piperidine rings is 1. The van der Waals surface area contributed by atoms with Crippen LogP contribution in [0.2, 0.25) is 0 Å². The summed E-state index contributed by atoms with van der Waals surface area (Å²) < 4.78 is 14.2. The standard InChI is InChI=1S/C22H31N5O2/c1-2-6-20(29-16-19-5-3-13-28-19)18(4-1)15-26-10-7-17(8-11-26)22-25-24-21-14-23-9-12-27(21)22/h1-2,4,6,17,19,23H,3,5,7-16H2/t19-/m1/s1. The maximum Gasteiger partial charge on any atom is 0.147 e. The predicted octanol–water partition coefficient (Wildman–Crippen LogP) is 2.32. The third-order valence-corrected chi connectivity index (χ3v) is 6.42. The van der Waals surface area contributed by atoms with Crippen LogP contribution in [0, 0.1) is 0 Å². The zero-order valence-corrected chi connectivity index (χ0v) is 17.1. The number of hydrogen-bond donors (Lipinski definition) is 1. The average Bonchev–Trinajstić information content (AvgIpc) is 3.44. The summed E-state index contributed by atoms with van der Waals surface area (Å²) in [7, 11) is 0. The molecule has 7 nitrogen and oxygen atoms in total. The summed E-state index contributed by atoms with van der Waals surface area (Å²) in [6.07, 6.45) is 4.80. The second-order valence-corrected chi connectivity index (χ2v) is 8.41. The van der Waals surface area contributed by atoms with Crippen LogP contribution in [-0.4, -0.2) is 58.6 Å². The summed E-state index contributed by atoms with van der Waals surface area (Å²) in [5.41, 5.74) is 1.27. The molecule has 2 aromatic rings. The lowest BCUT2D eigenvalue weighted by atomic mass is 9.95. The number of likely N-dealkylation sites (tertiary alicyclic amines) is 1. The molecule has 0 spiro atoms. The van der Waals surface area contributed by atoms with Crippen LogP contribution < -0.4 is 10.1 Å². The van der Waals surface area contributed by atoms with Crippen molar-refractivity contribution in [2.24, 2.45) is 0 Å². The van der Waals surface area contributed by atoms with Crippen molar-refractivity contribution in [3.8, 4) is 5.75 Å². The van der Waals surface area contributed by atoms with Crippen LogP contribution in [0.5, 0.6) is 5.75 Å². The number of fused-ring (bicyclic) bond motifs is 1. The molecule has 0 radical (unpaired) electrons. The van der Waals surface area contributed by atoms with E-state index < -0.39 is 0 Å². The van der Waals surface area contributed by atoms with Gasteiger partial charge in [0.05, 0.1) is 12.6 Å². The van der Waals surface area contributed by atoms with Crippen LogP contribution in [0.1, 0.15) is 48.8 Å². The van der Waals surface area contributed by atoms with Gasteiger partial charge in [-0.15, -0.1) is 10.2 Å². The lowest BCUT2D eigenvalue weighted by molar-refractivity contribution is 0.0672. The quantitative estimate of drug-likeness (QED) is 0.807. The first-order chi connectivity index (χ1) is 14.4. The van der Waals surface area contributed by atoms with E-state index in [0.29, 0.717) is 12.5 Å². The summed E-state index contributed by atoms with van der Waals surface area (Å²) >= 11 is 0. The second-order valence-electron chi connectivity index (χ2n) is 8.41. The number of nitrogens with one attached hydrogen (secondary N) is 1. The fourth-order valence-corrected chi connectivity index (χ4v) is 4.74. The summed E-state index contributed by atoms with van der Waals surface area (Å²) in [5.74, 6) is 3.81. The lowest BCUT2D eigenvalue weighted by Crippen LogP contribution is -2.35. The maximum atomic E-state index is 6.13. The van der Waals surface area contributed by atoms with Crippen LogP contribution in [0.3, 0.4) is 0 Å². The fourth-order valence-electron chi connectivity index (χ4n) is 4.74. The van der Waals surface area contributed by atoms with Crippen molar-refractivity contribution in [1.82, 2.24) is 25.0 Å². The maximum absolute atomic E-state index is 6.13. The molecule has 156 valence electrons. The molecule has 3 aliphatic heterocycles. The van der Waals surface area contributed by atoms with Gasteiger partial charge in [0, 0.05) is 37.7 Å². The number of nitrogens with zero attached hydrogens (tertiary/aromatic N) is 4. The first-order valence-corrected chi connectivity index (χ1v) is 11.0. The summed E-state index contributed by atoms with van der Waals surface area (Å²) in [6.45, 7) is 7.50. The third-order valence-electron chi connectivity index (χ3n) is 6.42. The smallest absolute Gasteiger partial charge is 0.147 e. The minimum Gasteiger partial charge on any atom is -0.491 e. The molecule has 4 heterocycles. The molecule has 29 heavy (non-hydrogen) atoms. The van der Waals surface area contributed by atoms with E-state index in [1.807, 2.05) is 0 Å². The first kappa shape index (κ1) is 19.0. The molecule has 2 saturated heterocycles. The Morgan fingerprint density at radius 3 is 2.86 bits per heavy atom. The van der Waals surface area contributed by atoms with Crippen molar-refractivity contribution in [3.63, 3.8) is 0 Å². The van der Waals surface area contributed by atoms with Gasteiger partial charge in [-0.25, -0.2) is 0 Å². The molecule has 1 N–H and O–H groups in total. The first-order valence-electron chi connectivity index (χ1n) is 11.0. The second kappa shape index (κ2) is 8.81. The van der Waals surface area contributed by atoms with E-state index in [4.69, 9.17) is 9.47 Å². The largest absolute Gasteiger partial charge is 0.491 e. The molecule has 0 saturated carbocycles. The van der Waals surface area contributed by atoms with Gasteiger partial charge in [-0.2, -0.15) is 0 Å². The summed E-state index contributed by atoms with van der Waals surface area (Å²) in [4.78, 5) is 2.54. The summed E-state index contributed by atoms with van der Waals surface area (Å²) in [6, 6.07) is 8.45. The minimum atomic E-state index is 0.253. The molecule has 3 aliphatic rings. The van der Waals surface area contributed by atoms with Gasteiger partial charge < -0.3 is 19.4 Å². The van der Waals surface area contributed by atoms with Crippen LogP contribution >= 0.6 is 0 Å². The Balaban J connectivity index is 1.17. The Morgan fingerprint density at radius 1 is 1.10 bits per heavy atom. The highest BCUT2D eigenvalue weighted by atomic mass is 16.5. The average molecular weight is 398 g/mol. The fraction of sp³-hybridized carbons (Fsp3) is 0.636. The van der Waals surface area contributed by atoms with Crippen molar-refractivity contribution in [2.45, 2.75) is 57.3 Å². The highest BCUT2D eigenvalue weighted by molar-refractivity contribution is 5.33. The van der Waals surface area contributed by atoms with E-state index in [2.05, 4.69) is 49.2 Å². The van der Waals surface area contributed by atoms with Crippen molar-refractivity contribution >= 4 is 0 Å². The van der Waals surface area contributed by atoms with E-state index in [9.17, 15) is 0 Å². The molecule has 1 aromatic carbocycles. The highest BCUT2D eigenvalue weighted by Gasteiger charge is 2.27. The molecule has 2 fully saturated rings. The topological polar surface area (TPSA) is 64.4 Å². The molecule has 0 amide bonds. The highest BCUT2D eigenvalue weighted by Crippen LogP contribution is 2.30. The van der Waals surface area contributed by atoms with Crippen molar-refractivity contribution in [2.75, 3.05) is 32.8 Å². The van der Waals surface area contributed by atoms with Gasteiger partial charge in [0.1, 0.15) is 24.0 Å². The lowest BCUT2D eigenvalue weighted by Gasteiger charge is -2.32. The molecule has 1 atom stereocenters. The van der Waals surface area contributed by atoms with Crippen LogP contribution in [0.15, 0.2) is 24.3 Å². The van der Waals surface area contributed by atoms with Gasteiger partial charge in [0.25, 0.3) is 0 Å². The zero-order valence-electron chi connectivity index (χ0n) is 17.1. The van der Waals surface area contributed by atoms with Crippen molar-refractivity contribution in [3.05, 3.63) is 41.5 Å². The van der Waals surface area contributed by atoms with E-state index in [1.165, 1.54) is 11.4 Å². The Bertz CT molecular complexity index is 809. The molecule has 0 unspecified atom stereocenters. The van der Waals surface area contributed by atoms with Gasteiger partial charge in [-0.1, -0.05) is 18.2 Å². The molecule has 7 heteroatoms. The minimum absolute atomic E-state index is 0.253. The van der Waals surface area contributed by atoms with E-state index >= 15 is 0 Å². The number of para-hydroxylation sites is 1. The number of hydrogen-bond acceptors (Lipinski definition) is 6. The molecular formula is C22H31N5O2. The Hall–Kier alpha value is -1.96. The van der Waals surface area contributed by atoms with Gasteiger partial charge >= 0.3 is 0 Å². The zero-order chi connectivity index (χ0) is 19.5. The van der Waals surface area contributed by atoms with Gasteiger partial charge in [0.2, 0.25) is 0 Å².